The van der Waals surface area contributed by atoms with E-state index in [1.54, 1.807) is 42.9 Å². The summed E-state index contributed by atoms with van der Waals surface area (Å²) in [5, 5.41) is 3.51. The molecule has 17 heteroatoms. The van der Waals surface area contributed by atoms with E-state index in [2.05, 4.69) is 44.1 Å². The molecule has 46 heavy (non-hydrogen) atoms. The second kappa shape index (κ2) is 12.4. The van der Waals surface area contributed by atoms with Crippen molar-refractivity contribution < 1.29 is 30.5 Å². The van der Waals surface area contributed by atoms with Crippen LogP contribution in [0.5, 0.6) is 5.75 Å². The summed E-state index contributed by atoms with van der Waals surface area (Å²) in [6.07, 6.45) is 2.96. The van der Waals surface area contributed by atoms with Crippen LogP contribution in [0.15, 0.2) is 59.9 Å². The molecule has 0 saturated heterocycles. The third-order valence-electron chi connectivity index (χ3n) is 7.07. The first-order valence-corrected chi connectivity index (χ1v) is 19.3. The number of hydrogen-bond acceptors (Lipinski definition) is 10. The van der Waals surface area contributed by atoms with Gasteiger partial charge in [0.2, 0.25) is 0 Å². The number of aryl methyl sites for hydroxylation is 1. The molecule has 1 N–H and O–H groups in total. The third kappa shape index (κ3) is 6.90. The SMILES string of the molecule is Cc1cccc2nc(C(C)Nc3ncnc4c3ncn4COCC[Si](C)(C)C)n(-c3cccc(OS(=O)(=O)C(F)(F)F)c3)c(=O)c12. The van der Waals surface area contributed by atoms with Crippen molar-refractivity contribution in [3.63, 3.8) is 0 Å². The summed E-state index contributed by atoms with van der Waals surface area (Å²) < 4.78 is 75.6. The number of halogens is 3. The Morgan fingerprint density at radius 2 is 1.80 bits per heavy atom. The lowest BCUT2D eigenvalue weighted by Gasteiger charge is -2.21. The summed E-state index contributed by atoms with van der Waals surface area (Å²) >= 11 is 0. The molecule has 3 heterocycles. The van der Waals surface area contributed by atoms with Gasteiger partial charge in [-0.15, -0.1) is 0 Å². The monoisotopic (exact) mass is 675 g/mol. The molecule has 3 aromatic heterocycles. The second-order valence-electron chi connectivity index (χ2n) is 11.9. The fourth-order valence-corrected chi connectivity index (χ4v) is 5.90. The molecular weight excluding hydrogens is 644 g/mol. The summed E-state index contributed by atoms with van der Waals surface area (Å²) in [7, 11) is -7.21. The molecule has 1 atom stereocenters. The maximum absolute atomic E-state index is 14.0. The molecular formula is C29H32F3N7O5SSi. The van der Waals surface area contributed by atoms with Crippen LogP contribution in [0.3, 0.4) is 0 Å². The van der Waals surface area contributed by atoms with Gasteiger partial charge < -0.3 is 14.2 Å². The summed E-state index contributed by atoms with van der Waals surface area (Å²) in [6, 6.07) is 10.2. The highest BCUT2D eigenvalue weighted by molar-refractivity contribution is 7.88. The van der Waals surface area contributed by atoms with E-state index in [0.29, 0.717) is 34.7 Å². The summed E-state index contributed by atoms with van der Waals surface area (Å²) in [6.45, 7) is 11.1. The van der Waals surface area contributed by atoms with E-state index in [1.807, 2.05) is 0 Å². The van der Waals surface area contributed by atoms with Crippen molar-refractivity contribution in [1.82, 2.24) is 29.1 Å². The Morgan fingerprint density at radius 3 is 2.52 bits per heavy atom. The molecule has 0 bridgehead atoms. The van der Waals surface area contributed by atoms with Crippen molar-refractivity contribution in [2.45, 2.75) is 57.8 Å². The molecule has 5 aromatic rings. The highest BCUT2D eigenvalue weighted by atomic mass is 32.2. The molecule has 1 unspecified atom stereocenters. The molecule has 12 nitrogen and oxygen atoms in total. The van der Waals surface area contributed by atoms with Gasteiger partial charge in [0.25, 0.3) is 5.56 Å². The molecule has 0 amide bonds. The van der Waals surface area contributed by atoms with Crippen LogP contribution in [0.1, 0.15) is 24.4 Å². The summed E-state index contributed by atoms with van der Waals surface area (Å²) in [5.41, 5.74) is -4.14. The van der Waals surface area contributed by atoms with Crippen LogP contribution in [0.2, 0.25) is 25.7 Å². The first kappa shape index (κ1) is 33.0. The molecule has 0 radical (unpaired) electrons. The van der Waals surface area contributed by atoms with Crippen LogP contribution >= 0.6 is 0 Å². The predicted molar refractivity (Wildman–Crippen MR) is 169 cm³/mol. The van der Waals surface area contributed by atoms with E-state index in [0.717, 1.165) is 18.2 Å². The minimum atomic E-state index is -5.95. The van der Waals surface area contributed by atoms with Crippen LogP contribution in [0.4, 0.5) is 19.0 Å². The van der Waals surface area contributed by atoms with Crippen LogP contribution in [0.25, 0.3) is 27.8 Å². The van der Waals surface area contributed by atoms with Crippen molar-refractivity contribution in [3.05, 3.63) is 76.9 Å². The Labute approximate surface area is 263 Å². The van der Waals surface area contributed by atoms with Crippen LogP contribution in [0, 0.1) is 6.92 Å². The van der Waals surface area contributed by atoms with Gasteiger partial charge in [0.05, 0.1) is 29.0 Å². The number of hydrogen-bond donors (Lipinski definition) is 1. The number of imidazole rings is 1. The van der Waals surface area contributed by atoms with E-state index in [9.17, 15) is 26.4 Å². The maximum Gasteiger partial charge on any atom is 0.534 e. The second-order valence-corrected chi connectivity index (χ2v) is 19.0. The predicted octanol–water partition coefficient (Wildman–Crippen LogP) is 5.55. The molecule has 244 valence electrons. The molecule has 0 fully saturated rings. The van der Waals surface area contributed by atoms with Crippen LogP contribution in [-0.2, 0) is 21.6 Å². The number of rotatable bonds is 11. The lowest BCUT2D eigenvalue weighted by molar-refractivity contribution is -0.0500. The normalized spacial score (nSPS) is 13.3. The number of benzene rings is 2. The number of nitrogens with zero attached hydrogens (tertiary/aromatic N) is 6. The standard InChI is InChI=1S/C29H32F3N7O5SSi/c1-18-8-6-11-22-23(18)28(40)39(20-9-7-10-21(14-20)44-45(41,42)29(30,31)32)26(37-22)19(2)36-25-24-27(34-15-33-25)38(16-35-24)17-43-12-13-46(3,4)5/h6-11,14-16,19H,12-13,17H2,1-5H3,(H,33,34,36). The zero-order chi connectivity index (χ0) is 33.4. The van der Waals surface area contributed by atoms with E-state index in [4.69, 9.17) is 9.72 Å². The minimum absolute atomic E-state index is 0.0359. The number of nitrogens with one attached hydrogen (secondary N) is 1. The Kier molecular flexibility index (Phi) is 8.94. The number of anilines is 1. The van der Waals surface area contributed by atoms with Gasteiger partial charge in [-0.25, -0.2) is 19.9 Å². The Bertz CT molecular complexity index is 2080. The van der Waals surface area contributed by atoms with Gasteiger partial charge in [0, 0.05) is 20.7 Å². The smallest absolute Gasteiger partial charge is 0.376 e. The van der Waals surface area contributed by atoms with E-state index in [1.165, 1.54) is 23.0 Å². The molecule has 0 spiro atoms. The van der Waals surface area contributed by atoms with Gasteiger partial charge >= 0.3 is 15.6 Å². The zero-order valence-electron chi connectivity index (χ0n) is 25.7. The lowest BCUT2D eigenvalue weighted by atomic mass is 10.1. The first-order chi connectivity index (χ1) is 21.6. The minimum Gasteiger partial charge on any atom is -0.376 e. The summed E-state index contributed by atoms with van der Waals surface area (Å²) in [4.78, 5) is 31.9. The molecule has 0 aliphatic carbocycles. The average Bonchev–Trinajstić information content (AvgIpc) is 3.38. The molecule has 5 rings (SSSR count). The Balaban J connectivity index is 1.53. The lowest BCUT2D eigenvalue weighted by Crippen LogP contribution is -2.29. The van der Waals surface area contributed by atoms with Gasteiger partial charge in [-0.05, 0) is 43.7 Å². The van der Waals surface area contributed by atoms with Crippen LogP contribution < -0.4 is 15.1 Å². The topological polar surface area (TPSA) is 143 Å². The Hall–Kier alpha value is -4.35. The van der Waals surface area contributed by atoms with Crippen molar-refractivity contribution in [1.29, 1.82) is 0 Å². The van der Waals surface area contributed by atoms with E-state index in [-0.39, 0.29) is 23.6 Å². The Morgan fingerprint density at radius 1 is 1.07 bits per heavy atom. The quantitative estimate of drug-likeness (QED) is 0.0820. The van der Waals surface area contributed by atoms with Crippen LogP contribution in [-0.4, -0.2) is 57.7 Å². The van der Waals surface area contributed by atoms with Crippen molar-refractivity contribution in [3.8, 4) is 11.4 Å². The largest absolute Gasteiger partial charge is 0.534 e. The highest BCUT2D eigenvalue weighted by Gasteiger charge is 2.48. The fourth-order valence-electron chi connectivity index (χ4n) is 4.69. The van der Waals surface area contributed by atoms with Crippen molar-refractivity contribution >= 4 is 46.1 Å². The molecule has 0 aliphatic rings. The van der Waals surface area contributed by atoms with Crippen molar-refractivity contribution in [2.75, 3.05) is 11.9 Å². The third-order valence-corrected chi connectivity index (χ3v) is 9.75. The number of alkyl halides is 3. The molecule has 0 aliphatic heterocycles. The van der Waals surface area contributed by atoms with E-state index < -0.39 is 41.1 Å². The van der Waals surface area contributed by atoms with Gasteiger partial charge in [0.15, 0.2) is 17.0 Å². The van der Waals surface area contributed by atoms with Gasteiger partial charge in [-0.2, -0.15) is 21.6 Å². The van der Waals surface area contributed by atoms with Gasteiger partial charge in [-0.1, -0.05) is 37.8 Å². The first-order valence-electron chi connectivity index (χ1n) is 14.2. The van der Waals surface area contributed by atoms with Gasteiger partial charge in [0.1, 0.15) is 24.6 Å². The average molecular weight is 676 g/mol. The maximum atomic E-state index is 14.0. The number of fused-ring (bicyclic) bond motifs is 2. The highest BCUT2D eigenvalue weighted by Crippen LogP contribution is 2.30. The van der Waals surface area contributed by atoms with Gasteiger partial charge in [-0.3, -0.25) is 13.9 Å². The zero-order valence-corrected chi connectivity index (χ0v) is 27.5. The van der Waals surface area contributed by atoms with Crippen molar-refractivity contribution in [2.24, 2.45) is 0 Å². The molecule has 2 aromatic carbocycles. The summed E-state index contributed by atoms with van der Waals surface area (Å²) in [5.74, 6) is -0.120. The number of ether oxygens (including phenoxy) is 1. The number of aromatic nitrogens is 6. The fraction of sp³-hybridized carbons (Fsp3) is 0.345. The molecule has 0 saturated carbocycles. The van der Waals surface area contributed by atoms with E-state index >= 15 is 0 Å².